The number of alkyl halides is 1. The second kappa shape index (κ2) is 6.85. The van der Waals surface area contributed by atoms with Crippen LogP contribution >= 0.6 is 39.0 Å². The summed E-state index contributed by atoms with van der Waals surface area (Å²) >= 11 is 7.07. The molecule has 0 saturated carbocycles. The Bertz CT molecular complexity index is 213. The lowest BCUT2D eigenvalue weighted by Gasteiger charge is -2.07. The Morgan fingerprint density at radius 3 is 3.08 bits per heavy atom. The van der Waals surface area contributed by atoms with Crippen LogP contribution in [0.1, 0.15) is 19.8 Å². The van der Waals surface area contributed by atoms with Gasteiger partial charge in [-0.15, -0.1) is 11.3 Å². The van der Waals surface area contributed by atoms with E-state index in [-0.39, 0.29) is 0 Å². The fourth-order valence-corrected chi connectivity index (χ4v) is 3.62. The second-order valence-corrected chi connectivity index (χ2v) is 6.05. The predicted molar refractivity (Wildman–Crippen MR) is 65.0 cm³/mol. The molecule has 0 bridgehead atoms. The molecular weight excluding hydrogens is 266 g/mol. The van der Waals surface area contributed by atoms with Gasteiger partial charge in [0.25, 0.3) is 0 Å². The molecule has 4 heteroatoms. The van der Waals surface area contributed by atoms with E-state index in [0.717, 1.165) is 11.2 Å². The molecule has 0 aliphatic rings. The number of thiazole rings is 1. The van der Waals surface area contributed by atoms with Gasteiger partial charge >= 0.3 is 0 Å². The van der Waals surface area contributed by atoms with Crippen molar-refractivity contribution in [3.8, 4) is 0 Å². The number of hydrogen-bond donors (Lipinski definition) is 0. The Morgan fingerprint density at radius 2 is 2.46 bits per heavy atom. The summed E-state index contributed by atoms with van der Waals surface area (Å²) in [6.07, 6.45) is 4.43. The van der Waals surface area contributed by atoms with Crippen LogP contribution in [0, 0.1) is 5.92 Å². The van der Waals surface area contributed by atoms with Gasteiger partial charge in [0, 0.05) is 22.7 Å². The van der Waals surface area contributed by atoms with Crippen LogP contribution < -0.4 is 0 Å². The molecule has 0 fully saturated rings. The highest BCUT2D eigenvalue weighted by molar-refractivity contribution is 9.09. The molecule has 1 rings (SSSR count). The van der Waals surface area contributed by atoms with E-state index >= 15 is 0 Å². The predicted octanol–water partition coefficient (Wildman–Crippen LogP) is 4.05. The van der Waals surface area contributed by atoms with Crippen molar-refractivity contribution < 1.29 is 0 Å². The number of rotatable bonds is 6. The van der Waals surface area contributed by atoms with Gasteiger partial charge in [-0.3, -0.25) is 0 Å². The van der Waals surface area contributed by atoms with Crippen LogP contribution in [0.25, 0.3) is 0 Å². The van der Waals surface area contributed by atoms with Crippen LogP contribution in [0.4, 0.5) is 0 Å². The largest absolute Gasteiger partial charge is 0.238 e. The Hall–Kier alpha value is 0.460. The van der Waals surface area contributed by atoms with Crippen molar-refractivity contribution in [3.05, 3.63) is 11.6 Å². The maximum Gasteiger partial charge on any atom is 0.149 e. The fourth-order valence-electron chi connectivity index (χ4n) is 0.960. The molecule has 74 valence electrons. The minimum atomic E-state index is 0.826. The van der Waals surface area contributed by atoms with E-state index < -0.39 is 0 Å². The van der Waals surface area contributed by atoms with E-state index in [4.69, 9.17) is 0 Å². The number of thioether (sulfide) groups is 1. The van der Waals surface area contributed by atoms with Crippen molar-refractivity contribution in [2.75, 3.05) is 11.1 Å². The Kier molecular flexibility index (Phi) is 6.07. The molecule has 1 aromatic heterocycles. The molecule has 1 heterocycles. The van der Waals surface area contributed by atoms with E-state index in [1.54, 1.807) is 11.3 Å². The zero-order chi connectivity index (χ0) is 9.52. The highest BCUT2D eigenvalue weighted by Crippen LogP contribution is 2.23. The zero-order valence-electron chi connectivity index (χ0n) is 7.70. The standard InChI is InChI=1S/C9H14BrNS2/c1-8(2-4-10)3-6-12-9-11-5-7-13-9/h5,7-8H,2-4,6H2,1H3. The van der Waals surface area contributed by atoms with Crippen molar-refractivity contribution >= 4 is 39.0 Å². The van der Waals surface area contributed by atoms with E-state index in [0.29, 0.717) is 0 Å². The summed E-state index contributed by atoms with van der Waals surface area (Å²) in [5, 5.41) is 3.15. The molecule has 0 N–H and O–H groups in total. The molecule has 1 nitrogen and oxygen atoms in total. The lowest BCUT2D eigenvalue weighted by Crippen LogP contribution is -1.96. The molecule has 0 aliphatic carbocycles. The molecule has 0 radical (unpaired) electrons. The van der Waals surface area contributed by atoms with Gasteiger partial charge in [0.1, 0.15) is 4.34 Å². The van der Waals surface area contributed by atoms with Crippen molar-refractivity contribution in [1.29, 1.82) is 0 Å². The summed E-state index contributed by atoms with van der Waals surface area (Å²) in [5.74, 6) is 2.02. The lowest BCUT2D eigenvalue weighted by molar-refractivity contribution is 0.555. The third-order valence-corrected chi connectivity index (χ3v) is 4.30. The van der Waals surface area contributed by atoms with Crippen molar-refractivity contribution in [3.63, 3.8) is 0 Å². The van der Waals surface area contributed by atoms with Gasteiger partial charge in [-0.25, -0.2) is 4.98 Å². The summed E-state index contributed by atoms with van der Waals surface area (Å²) in [7, 11) is 0. The first-order valence-corrected chi connectivity index (χ1v) is 7.40. The topological polar surface area (TPSA) is 12.9 Å². The second-order valence-electron chi connectivity index (χ2n) is 3.02. The molecule has 0 amide bonds. The number of aromatic nitrogens is 1. The number of halogens is 1. The van der Waals surface area contributed by atoms with Crippen molar-refractivity contribution in [1.82, 2.24) is 4.98 Å². The normalized spacial score (nSPS) is 13.1. The first-order chi connectivity index (χ1) is 6.33. The van der Waals surface area contributed by atoms with Gasteiger partial charge < -0.3 is 0 Å². The van der Waals surface area contributed by atoms with Gasteiger partial charge in [0.15, 0.2) is 0 Å². The maximum absolute atomic E-state index is 4.23. The highest BCUT2D eigenvalue weighted by atomic mass is 79.9. The van der Waals surface area contributed by atoms with E-state index in [2.05, 4.69) is 27.8 Å². The highest BCUT2D eigenvalue weighted by Gasteiger charge is 2.02. The third-order valence-electron chi connectivity index (χ3n) is 1.85. The number of hydrogen-bond acceptors (Lipinski definition) is 3. The minimum Gasteiger partial charge on any atom is -0.238 e. The summed E-state index contributed by atoms with van der Waals surface area (Å²) < 4.78 is 1.20. The van der Waals surface area contributed by atoms with Crippen LogP contribution in [-0.2, 0) is 0 Å². The van der Waals surface area contributed by atoms with Crippen LogP contribution in [0.5, 0.6) is 0 Å². The van der Waals surface area contributed by atoms with Gasteiger partial charge in [-0.05, 0) is 18.8 Å². The first kappa shape index (κ1) is 11.5. The molecule has 0 saturated heterocycles. The molecule has 1 aromatic rings. The van der Waals surface area contributed by atoms with Gasteiger partial charge in [0.2, 0.25) is 0 Å². The van der Waals surface area contributed by atoms with E-state index in [1.165, 1.54) is 22.9 Å². The monoisotopic (exact) mass is 279 g/mol. The molecule has 0 spiro atoms. The maximum atomic E-state index is 4.23. The van der Waals surface area contributed by atoms with Crippen LogP contribution in [0.3, 0.4) is 0 Å². The third kappa shape index (κ3) is 5.03. The van der Waals surface area contributed by atoms with Gasteiger partial charge in [0.05, 0.1) is 0 Å². The van der Waals surface area contributed by atoms with Crippen LogP contribution in [0.15, 0.2) is 15.9 Å². The van der Waals surface area contributed by atoms with Crippen LogP contribution in [-0.4, -0.2) is 16.1 Å². The van der Waals surface area contributed by atoms with E-state index in [9.17, 15) is 0 Å². The SMILES string of the molecule is CC(CCBr)CCSc1nccs1. The summed E-state index contributed by atoms with van der Waals surface area (Å²) in [6.45, 7) is 2.31. The fraction of sp³-hybridized carbons (Fsp3) is 0.667. The van der Waals surface area contributed by atoms with Crippen LogP contribution in [0.2, 0.25) is 0 Å². The molecule has 13 heavy (non-hydrogen) atoms. The first-order valence-electron chi connectivity index (χ1n) is 4.41. The lowest BCUT2D eigenvalue weighted by atomic mass is 10.1. The number of nitrogens with zero attached hydrogens (tertiary/aromatic N) is 1. The Morgan fingerprint density at radius 1 is 1.62 bits per heavy atom. The minimum absolute atomic E-state index is 0.826. The molecule has 0 aliphatic heterocycles. The quantitative estimate of drug-likeness (QED) is 0.576. The van der Waals surface area contributed by atoms with Crippen molar-refractivity contribution in [2.24, 2.45) is 5.92 Å². The average Bonchev–Trinajstić information content (AvgIpc) is 2.57. The molecule has 0 aromatic carbocycles. The summed E-state index contributed by atoms with van der Waals surface area (Å²) in [6, 6.07) is 0. The average molecular weight is 280 g/mol. The van der Waals surface area contributed by atoms with Gasteiger partial charge in [-0.1, -0.05) is 34.6 Å². The van der Waals surface area contributed by atoms with E-state index in [1.807, 2.05) is 23.3 Å². The Labute approximate surface area is 96.5 Å². The Balaban J connectivity index is 2.07. The molecular formula is C9H14BrNS2. The smallest absolute Gasteiger partial charge is 0.149 e. The molecule has 1 atom stereocenters. The van der Waals surface area contributed by atoms with Crippen molar-refractivity contribution in [2.45, 2.75) is 24.1 Å². The summed E-state index contributed by atoms with van der Waals surface area (Å²) in [4.78, 5) is 4.23. The zero-order valence-corrected chi connectivity index (χ0v) is 10.9. The van der Waals surface area contributed by atoms with Gasteiger partial charge in [-0.2, -0.15) is 0 Å². The molecule has 1 unspecified atom stereocenters. The summed E-state index contributed by atoms with van der Waals surface area (Å²) in [5.41, 5.74) is 0.